The van der Waals surface area contributed by atoms with Gasteiger partial charge in [0.05, 0.1) is 12.7 Å². The third kappa shape index (κ3) is 5.39. The Bertz CT molecular complexity index is 502. The lowest BCUT2D eigenvalue weighted by Crippen LogP contribution is -2.10. The van der Waals surface area contributed by atoms with Crippen molar-refractivity contribution >= 4 is 11.9 Å². The lowest BCUT2D eigenvalue weighted by molar-refractivity contribution is -0.143. The van der Waals surface area contributed by atoms with Crippen molar-refractivity contribution in [2.24, 2.45) is 0 Å². The third-order valence-corrected chi connectivity index (χ3v) is 2.41. The zero-order valence-electron chi connectivity index (χ0n) is 11.0. The van der Waals surface area contributed by atoms with E-state index in [1.807, 2.05) is 12.1 Å². The Morgan fingerprint density at radius 2 is 1.70 bits per heavy atom. The molecule has 1 aromatic carbocycles. The summed E-state index contributed by atoms with van der Waals surface area (Å²) in [7, 11) is 0. The van der Waals surface area contributed by atoms with E-state index < -0.39 is 18.4 Å². The molecule has 0 aliphatic heterocycles. The fourth-order valence-corrected chi connectivity index (χ4v) is 1.39. The first-order valence-electron chi connectivity index (χ1n) is 5.90. The summed E-state index contributed by atoms with van der Waals surface area (Å²) in [6.45, 7) is 7.32. The second-order valence-electron chi connectivity index (χ2n) is 4.04. The van der Waals surface area contributed by atoms with Crippen LogP contribution in [0, 0.1) is 0 Å². The normalized spacial score (nSPS) is 9.60. The molecular formula is C15H16O5. The first kappa shape index (κ1) is 15.5. The van der Waals surface area contributed by atoms with Crippen molar-refractivity contribution in [3.8, 4) is 0 Å². The summed E-state index contributed by atoms with van der Waals surface area (Å²) in [5.74, 6) is -1.81. The summed E-state index contributed by atoms with van der Waals surface area (Å²) >= 11 is 0. The average molecular weight is 276 g/mol. The molecule has 1 rings (SSSR count). The highest BCUT2D eigenvalue weighted by molar-refractivity contribution is 5.92. The number of esters is 1. The van der Waals surface area contributed by atoms with Crippen molar-refractivity contribution in [3.05, 3.63) is 60.4 Å². The summed E-state index contributed by atoms with van der Waals surface area (Å²) in [5.41, 5.74) is 1.69. The van der Waals surface area contributed by atoms with E-state index in [0.717, 1.165) is 11.1 Å². The molecule has 0 aromatic heterocycles. The lowest BCUT2D eigenvalue weighted by atomic mass is 10.1. The Balaban J connectivity index is 2.45. The minimum Gasteiger partial charge on any atom is -0.497 e. The topological polar surface area (TPSA) is 72.8 Å². The van der Waals surface area contributed by atoms with Gasteiger partial charge in [-0.1, -0.05) is 37.4 Å². The van der Waals surface area contributed by atoms with Gasteiger partial charge in [-0.15, -0.1) is 0 Å². The number of carboxylic acids is 1. The molecular weight excluding hydrogens is 260 g/mol. The van der Waals surface area contributed by atoms with Crippen LogP contribution in [0.25, 0.3) is 0 Å². The number of ether oxygens (including phenoxy) is 2. The molecule has 20 heavy (non-hydrogen) atoms. The van der Waals surface area contributed by atoms with Gasteiger partial charge in [0.15, 0.2) is 0 Å². The van der Waals surface area contributed by atoms with Crippen LogP contribution in [-0.4, -0.2) is 17.0 Å². The fourth-order valence-electron chi connectivity index (χ4n) is 1.39. The number of benzene rings is 1. The Kier molecular flexibility index (Phi) is 6.03. The Morgan fingerprint density at radius 3 is 2.20 bits per heavy atom. The summed E-state index contributed by atoms with van der Waals surface area (Å²) < 4.78 is 10.00. The van der Waals surface area contributed by atoms with E-state index in [1.165, 1.54) is 6.26 Å². The smallest absolute Gasteiger partial charge is 0.334 e. The first-order valence-corrected chi connectivity index (χ1v) is 5.90. The fraction of sp³-hybridized carbons (Fsp3) is 0.200. The van der Waals surface area contributed by atoms with Crippen molar-refractivity contribution in [1.82, 2.24) is 0 Å². The summed E-state index contributed by atoms with van der Waals surface area (Å²) in [4.78, 5) is 21.9. The molecule has 0 heterocycles. The van der Waals surface area contributed by atoms with E-state index in [-0.39, 0.29) is 12.2 Å². The van der Waals surface area contributed by atoms with E-state index >= 15 is 0 Å². The molecule has 5 nitrogen and oxygen atoms in total. The zero-order chi connectivity index (χ0) is 15.0. The van der Waals surface area contributed by atoms with Gasteiger partial charge in [0.25, 0.3) is 0 Å². The molecule has 0 spiro atoms. The van der Waals surface area contributed by atoms with Gasteiger partial charge in [0.1, 0.15) is 13.2 Å². The van der Waals surface area contributed by atoms with Crippen LogP contribution in [-0.2, 0) is 32.3 Å². The van der Waals surface area contributed by atoms with Gasteiger partial charge in [-0.05, 0) is 11.1 Å². The minimum atomic E-state index is -1.11. The first-order chi connectivity index (χ1) is 9.52. The molecule has 0 aliphatic rings. The monoisotopic (exact) mass is 276 g/mol. The number of carboxylic acid groups (broad SMARTS) is 1. The van der Waals surface area contributed by atoms with Crippen molar-refractivity contribution in [1.29, 1.82) is 0 Å². The highest BCUT2D eigenvalue weighted by Gasteiger charge is 2.12. The van der Waals surface area contributed by atoms with Crippen LogP contribution in [0.1, 0.15) is 17.5 Å². The van der Waals surface area contributed by atoms with E-state index in [2.05, 4.69) is 13.2 Å². The van der Waals surface area contributed by atoms with Crippen molar-refractivity contribution < 1.29 is 24.2 Å². The molecule has 0 unspecified atom stereocenters. The molecule has 0 radical (unpaired) electrons. The molecule has 0 aliphatic carbocycles. The molecule has 5 heteroatoms. The Labute approximate surface area is 117 Å². The molecule has 0 amide bonds. The average Bonchev–Trinajstić information content (AvgIpc) is 2.42. The number of carbonyl (C=O) groups is 2. The quantitative estimate of drug-likeness (QED) is 0.448. The van der Waals surface area contributed by atoms with Crippen molar-refractivity contribution in [3.63, 3.8) is 0 Å². The Hall–Kier alpha value is -2.56. The molecule has 1 N–H and O–H groups in total. The van der Waals surface area contributed by atoms with Crippen LogP contribution >= 0.6 is 0 Å². The van der Waals surface area contributed by atoms with E-state index in [9.17, 15) is 9.59 Å². The predicted octanol–water partition coefficient (Wildman–Crippen LogP) is 2.42. The standard InChI is InChI=1S/C15H16O5/c1-3-19-9-12-4-6-13(7-5-12)10-20-15(18)11(2)8-14(16)17/h3-7H,1-2,8-10H2,(H,16,17). The van der Waals surface area contributed by atoms with Crippen LogP contribution in [0.3, 0.4) is 0 Å². The van der Waals surface area contributed by atoms with Gasteiger partial charge >= 0.3 is 11.9 Å². The molecule has 0 atom stereocenters. The van der Waals surface area contributed by atoms with Crippen LogP contribution in [0.4, 0.5) is 0 Å². The van der Waals surface area contributed by atoms with Gasteiger partial charge in [-0.3, -0.25) is 4.79 Å². The maximum atomic E-state index is 11.4. The number of hydrogen-bond donors (Lipinski definition) is 1. The molecule has 106 valence electrons. The Morgan fingerprint density at radius 1 is 1.15 bits per heavy atom. The number of hydrogen-bond acceptors (Lipinski definition) is 4. The zero-order valence-corrected chi connectivity index (χ0v) is 11.0. The minimum absolute atomic E-state index is 0.0695. The molecule has 0 saturated heterocycles. The summed E-state index contributed by atoms with van der Waals surface area (Å²) in [6, 6.07) is 7.29. The second-order valence-corrected chi connectivity index (χ2v) is 4.04. The van der Waals surface area contributed by atoms with Crippen LogP contribution in [0.15, 0.2) is 49.3 Å². The van der Waals surface area contributed by atoms with Gasteiger partial charge < -0.3 is 14.6 Å². The van der Waals surface area contributed by atoms with Gasteiger partial charge in [-0.2, -0.15) is 0 Å². The molecule has 1 aromatic rings. The molecule has 0 saturated carbocycles. The lowest BCUT2D eigenvalue weighted by Gasteiger charge is -2.07. The maximum absolute atomic E-state index is 11.4. The molecule has 0 fully saturated rings. The number of aliphatic carboxylic acids is 1. The summed E-state index contributed by atoms with van der Waals surface area (Å²) in [5, 5.41) is 8.53. The van der Waals surface area contributed by atoms with Crippen LogP contribution in [0.2, 0.25) is 0 Å². The number of carbonyl (C=O) groups excluding carboxylic acids is 1. The maximum Gasteiger partial charge on any atom is 0.334 e. The van der Waals surface area contributed by atoms with Crippen molar-refractivity contribution in [2.45, 2.75) is 19.6 Å². The third-order valence-electron chi connectivity index (χ3n) is 2.41. The summed E-state index contributed by atoms with van der Waals surface area (Å²) in [6.07, 6.45) is 0.945. The van der Waals surface area contributed by atoms with Gasteiger partial charge in [-0.25, -0.2) is 4.79 Å². The van der Waals surface area contributed by atoms with Crippen molar-refractivity contribution in [2.75, 3.05) is 0 Å². The SMILES string of the molecule is C=COCc1ccc(COC(=O)C(=C)CC(=O)O)cc1. The predicted molar refractivity (Wildman–Crippen MR) is 72.6 cm³/mol. The second kappa shape index (κ2) is 7.78. The number of rotatable bonds is 8. The van der Waals surface area contributed by atoms with Crippen LogP contribution < -0.4 is 0 Å². The van der Waals surface area contributed by atoms with E-state index in [1.54, 1.807) is 12.1 Å². The highest BCUT2D eigenvalue weighted by Crippen LogP contribution is 2.09. The van der Waals surface area contributed by atoms with E-state index in [4.69, 9.17) is 14.6 Å². The van der Waals surface area contributed by atoms with Crippen LogP contribution in [0.5, 0.6) is 0 Å². The van der Waals surface area contributed by atoms with E-state index in [0.29, 0.717) is 6.61 Å². The largest absolute Gasteiger partial charge is 0.497 e. The van der Waals surface area contributed by atoms with Gasteiger partial charge in [0, 0.05) is 5.57 Å². The van der Waals surface area contributed by atoms with Gasteiger partial charge in [0.2, 0.25) is 0 Å². The molecule has 0 bridgehead atoms. The highest BCUT2D eigenvalue weighted by atomic mass is 16.5.